The van der Waals surface area contributed by atoms with E-state index in [0.29, 0.717) is 0 Å². The number of nitrogens with zero attached hydrogens (tertiary/aromatic N) is 1. The molecule has 0 aliphatic rings. The summed E-state index contributed by atoms with van der Waals surface area (Å²) in [6, 6.07) is 76.9. The maximum atomic E-state index is 6.94. The van der Waals surface area contributed by atoms with Crippen molar-refractivity contribution >= 4 is 92.1 Å². The van der Waals surface area contributed by atoms with Gasteiger partial charge in [-0.25, -0.2) is 0 Å². The van der Waals surface area contributed by atoms with E-state index in [1.807, 2.05) is 11.3 Å². The lowest BCUT2D eigenvalue weighted by Gasteiger charge is -2.28. The third-order valence-electron chi connectivity index (χ3n) is 11.9. The highest BCUT2D eigenvalue weighted by Crippen LogP contribution is 2.52. The zero-order valence-electron chi connectivity index (χ0n) is 32.0. The highest BCUT2D eigenvalue weighted by molar-refractivity contribution is 7.26. The molecule has 0 atom stereocenters. The van der Waals surface area contributed by atoms with E-state index in [1.54, 1.807) is 0 Å². The van der Waals surface area contributed by atoms with Crippen LogP contribution in [0.2, 0.25) is 0 Å². The van der Waals surface area contributed by atoms with Gasteiger partial charge in [0.25, 0.3) is 0 Å². The highest BCUT2D eigenvalue weighted by atomic mass is 32.1. The molecule has 0 saturated carbocycles. The van der Waals surface area contributed by atoms with Crippen molar-refractivity contribution in [3.8, 4) is 33.4 Å². The summed E-state index contributed by atoms with van der Waals surface area (Å²) in [5, 5.41) is 9.57. The SMILES string of the molecule is c1ccc(-c2ccc(-c3ccc(N(c4ccc5ccc6ccccc6c5c4)c4ccc(-c5ccccc5)c5sc6ccccc6c45)c4c3oc3ccccc34)cc2)cc1. The number of rotatable bonds is 6. The van der Waals surface area contributed by atoms with Gasteiger partial charge in [-0.15, -0.1) is 11.3 Å². The molecule has 276 valence electrons. The van der Waals surface area contributed by atoms with Gasteiger partial charge in [-0.3, -0.25) is 0 Å². The van der Waals surface area contributed by atoms with Crippen molar-refractivity contribution < 1.29 is 4.42 Å². The van der Waals surface area contributed by atoms with Crippen LogP contribution in [0, 0.1) is 0 Å². The molecule has 0 amide bonds. The molecule has 2 heterocycles. The Kier molecular flexibility index (Phi) is 7.75. The average Bonchev–Trinajstić information content (AvgIpc) is 3.90. The first-order valence-corrected chi connectivity index (χ1v) is 20.9. The van der Waals surface area contributed by atoms with Gasteiger partial charge in [0.05, 0.1) is 16.8 Å². The van der Waals surface area contributed by atoms with Crippen LogP contribution in [0.3, 0.4) is 0 Å². The Balaban J connectivity index is 1.17. The fraction of sp³-hybridized carbons (Fsp3) is 0. The number of benzene rings is 10. The largest absolute Gasteiger partial charge is 0.455 e. The Morgan fingerprint density at radius 3 is 1.73 bits per heavy atom. The van der Waals surface area contributed by atoms with Gasteiger partial charge in [-0.05, 0) is 91.8 Å². The van der Waals surface area contributed by atoms with Crippen molar-refractivity contribution in [1.29, 1.82) is 0 Å². The third-order valence-corrected chi connectivity index (χ3v) is 13.1. The van der Waals surface area contributed by atoms with Gasteiger partial charge in [0.2, 0.25) is 0 Å². The molecule has 0 N–H and O–H groups in total. The van der Waals surface area contributed by atoms with Crippen LogP contribution in [-0.4, -0.2) is 0 Å². The van der Waals surface area contributed by atoms with Crippen molar-refractivity contribution in [3.05, 3.63) is 212 Å². The van der Waals surface area contributed by atoms with Crippen LogP contribution in [0.1, 0.15) is 0 Å². The fourth-order valence-corrected chi connectivity index (χ4v) is 10.3. The molecule has 0 radical (unpaired) electrons. The topological polar surface area (TPSA) is 16.4 Å². The second-order valence-electron chi connectivity index (χ2n) is 15.2. The zero-order chi connectivity index (χ0) is 38.9. The smallest absolute Gasteiger partial charge is 0.145 e. The third kappa shape index (κ3) is 5.47. The van der Waals surface area contributed by atoms with E-state index in [0.717, 1.165) is 50.1 Å². The van der Waals surface area contributed by atoms with Gasteiger partial charge in [-0.2, -0.15) is 0 Å². The lowest BCUT2D eigenvalue weighted by Crippen LogP contribution is -2.11. The molecule has 0 aliphatic heterocycles. The molecule has 10 aromatic carbocycles. The van der Waals surface area contributed by atoms with Crippen LogP contribution in [0.5, 0.6) is 0 Å². The van der Waals surface area contributed by atoms with Gasteiger partial charge in [0.15, 0.2) is 0 Å². The number of fused-ring (bicyclic) bond motifs is 9. The van der Waals surface area contributed by atoms with Crippen LogP contribution in [0.25, 0.3) is 97.0 Å². The Hall–Kier alpha value is -7.46. The minimum Gasteiger partial charge on any atom is -0.455 e. The van der Waals surface area contributed by atoms with Gasteiger partial charge < -0.3 is 9.32 Å². The number of hydrogen-bond acceptors (Lipinski definition) is 3. The van der Waals surface area contributed by atoms with Crippen molar-refractivity contribution in [2.45, 2.75) is 0 Å². The molecule has 0 unspecified atom stereocenters. The van der Waals surface area contributed by atoms with Gasteiger partial charge in [0.1, 0.15) is 11.2 Å². The summed E-state index contributed by atoms with van der Waals surface area (Å²) < 4.78 is 9.48. The number of hydrogen-bond donors (Lipinski definition) is 0. The van der Waals surface area contributed by atoms with Crippen LogP contribution >= 0.6 is 11.3 Å². The van der Waals surface area contributed by atoms with Gasteiger partial charge in [-0.1, -0.05) is 170 Å². The molecule has 0 spiro atoms. The summed E-state index contributed by atoms with van der Waals surface area (Å²) in [6.45, 7) is 0. The summed E-state index contributed by atoms with van der Waals surface area (Å²) in [5.41, 5.74) is 12.0. The normalized spacial score (nSPS) is 11.7. The summed E-state index contributed by atoms with van der Waals surface area (Å²) >= 11 is 1.87. The molecular weight excluding hydrogens is 735 g/mol. The Morgan fingerprint density at radius 2 is 0.932 bits per heavy atom. The van der Waals surface area contributed by atoms with Crippen LogP contribution in [0.15, 0.2) is 217 Å². The van der Waals surface area contributed by atoms with Crippen LogP contribution < -0.4 is 4.90 Å². The molecule has 0 aliphatic carbocycles. The average molecular weight is 770 g/mol. The summed E-state index contributed by atoms with van der Waals surface area (Å²) in [5.74, 6) is 0. The predicted molar refractivity (Wildman–Crippen MR) is 253 cm³/mol. The minimum absolute atomic E-state index is 0.868. The molecule has 59 heavy (non-hydrogen) atoms. The monoisotopic (exact) mass is 769 g/mol. The molecule has 0 bridgehead atoms. The van der Waals surface area contributed by atoms with Gasteiger partial charge >= 0.3 is 0 Å². The summed E-state index contributed by atoms with van der Waals surface area (Å²) in [7, 11) is 0. The molecule has 0 saturated heterocycles. The predicted octanol–water partition coefficient (Wildman–Crippen LogP) is 16.7. The van der Waals surface area contributed by atoms with E-state index in [2.05, 4.69) is 217 Å². The van der Waals surface area contributed by atoms with Crippen LogP contribution in [0.4, 0.5) is 17.1 Å². The Morgan fingerprint density at radius 1 is 0.373 bits per heavy atom. The molecule has 2 nitrogen and oxygen atoms in total. The lowest BCUT2D eigenvalue weighted by atomic mass is 9.96. The molecule has 12 rings (SSSR count). The molecule has 12 aromatic rings. The van der Waals surface area contributed by atoms with Crippen molar-refractivity contribution in [2.24, 2.45) is 0 Å². The molecular formula is C56H35NOS. The number of thiophene rings is 1. The molecule has 3 heteroatoms. The molecule has 2 aromatic heterocycles. The quantitative estimate of drug-likeness (QED) is 0.157. The van der Waals surface area contributed by atoms with E-state index in [4.69, 9.17) is 4.42 Å². The standard InChI is InChI=1S/C56H35NOS/c1-3-13-36(14-4-1)37-23-25-40(26-24-37)44-31-33-49(53-46-19-9-11-21-51(46)58-55(44)53)57(42-30-29-41-28-27-39-17-7-8-18-43(39)48(41)35-42)50-34-32-45(38-15-5-2-6-16-38)56-54(50)47-20-10-12-22-52(47)59-56/h1-35H. The Bertz CT molecular complexity index is 3550. The summed E-state index contributed by atoms with van der Waals surface area (Å²) in [4.78, 5) is 2.49. The number of anilines is 3. The zero-order valence-corrected chi connectivity index (χ0v) is 32.8. The van der Waals surface area contributed by atoms with Gasteiger partial charge in [0, 0.05) is 36.8 Å². The first kappa shape index (κ1) is 33.7. The van der Waals surface area contributed by atoms with E-state index in [-0.39, 0.29) is 0 Å². The van der Waals surface area contributed by atoms with E-state index in [9.17, 15) is 0 Å². The summed E-state index contributed by atoms with van der Waals surface area (Å²) in [6.07, 6.45) is 0. The van der Waals surface area contributed by atoms with E-state index < -0.39 is 0 Å². The Labute approximate surface area is 345 Å². The first-order valence-electron chi connectivity index (χ1n) is 20.1. The van der Waals surface area contributed by atoms with Crippen molar-refractivity contribution in [2.75, 3.05) is 4.90 Å². The minimum atomic E-state index is 0.868. The number of para-hydroxylation sites is 1. The highest BCUT2D eigenvalue weighted by Gasteiger charge is 2.26. The lowest BCUT2D eigenvalue weighted by molar-refractivity contribution is 0.670. The van der Waals surface area contributed by atoms with E-state index in [1.165, 1.54) is 64.0 Å². The van der Waals surface area contributed by atoms with Crippen molar-refractivity contribution in [3.63, 3.8) is 0 Å². The van der Waals surface area contributed by atoms with E-state index >= 15 is 0 Å². The second kappa shape index (κ2) is 13.6. The second-order valence-corrected chi connectivity index (χ2v) is 16.3. The number of furan rings is 1. The van der Waals surface area contributed by atoms with Crippen LogP contribution in [-0.2, 0) is 0 Å². The fourth-order valence-electron chi connectivity index (χ4n) is 9.08. The maximum absolute atomic E-state index is 6.94. The van der Waals surface area contributed by atoms with Crippen molar-refractivity contribution in [1.82, 2.24) is 0 Å². The maximum Gasteiger partial charge on any atom is 0.145 e. The molecule has 0 fully saturated rings. The first-order chi connectivity index (χ1) is 29.3.